The molecule has 0 aromatic carbocycles. The molecule has 2 fully saturated rings. The second-order valence-electron chi connectivity index (χ2n) is 8.43. The monoisotopic (exact) mass is 448 g/mol. The number of hydrogen-bond donors (Lipinski definition) is 4. The van der Waals surface area contributed by atoms with Crippen LogP contribution in [0.5, 0.6) is 0 Å². The molecule has 1 atom stereocenters. The van der Waals surface area contributed by atoms with Crippen molar-refractivity contribution in [2.24, 2.45) is 16.9 Å². The number of hydrazone groups is 1. The standard InChI is InChI=1S/C20H28N6O4S/c1-2-21-20(25-26(29)30)23-13-7-8-15-14(9-13)16(18(28)22-10-11-3-4-11)19(31-15)24-17(27)12-5-6-12/h11-13H,2-10H2,1H3,(H,22,28)(H,24,27)(H2,21,23,25). The molecule has 10 nitrogen and oxygen atoms in total. The largest absolute Gasteiger partial charge is 0.352 e. The van der Waals surface area contributed by atoms with Crippen molar-refractivity contribution in [3.05, 3.63) is 26.1 Å². The highest BCUT2D eigenvalue weighted by Gasteiger charge is 2.34. The molecule has 168 valence electrons. The van der Waals surface area contributed by atoms with Gasteiger partial charge in [-0.25, -0.2) is 10.1 Å². The molecule has 31 heavy (non-hydrogen) atoms. The molecule has 2 amide bonds. The van der Waals surface area contributed by atoms with Gasteiger partial charge < -0.3 is 21.3 Å². The summed E-state index contributed by atoms with van der Waals surface area (Å²) in [6.45, 7) is 3.00. The van der Waals surface area contributed by atoms with Crippen molar-refractivity contribution < 1.29 is 14.6 Å². The summed E-state index contributed by atoms with van der Waals surface area (Å²) in [4.78, 5) is 37.4. The summed E-state index contributed by atoms with van der Waals surface area (Å²) in [5.41, 5.74) is 1.47. The number of carbonyl (C=O) groups excluding carboxylic acids is 2. The highest BCUT2D eigenvalue weighted by atomic mass is 32.1. The lowest BCUT2D eigenvalue weighted by molar-refractivity contribution is -0.485. The average molecular weight is 449 g/mol. The van der Waals surface area contributed by atoms with Crippen LogP contribution in [0.3, 0.4) is 0 Å². The number of guanidine groups is 1. The van der Waals surface area contributed by atoms with Crippen LogP contribution >= 0.6 is 11.3 Å². The Bertz CT molecular complexity index is 906. The third-order valence-electron chi connectivity index (χ3n) is 5.79. The van der Waals surface area contributed by atoms with Crippen LogP contribution in [0.4, 0.5) is 5.00 Å². The summed E-state index contributed by atoms with van der Waals surface area (Å²) in [5, 5.41) is 26.1. The van der Waals surface area contributed by atoms with E-state index in [0.29, 0.717) is 36.0 Å². The summed E-state index contributed by atoms with van der Waals surface area (Å²) in [6.07, 6.45) is 6.11. The maximum absolute atomic E-state index is 13.1. The smallest absolute Gasteiger partial charge is 0.268 e. The zero-order valence-corrected chi connectivity index (χ0v) is 18.3. The number of aryl methyl sites for hydroxylation is 1. The Morgan fingerprint density at radius 2 is 1.97 bits per heavy atom. The minimum atomic E-state index is -0.730. The van der Waals surface area contributed by atoms with E-state index in [4.69, 9.17) is 0 Å². The predicted molar refractivity (Wildman–Crippen MR) is 118 cm³/mol. The van der Waals surface area contributed by atoms with Crippen LogP contribution in [0.2, 0.25) is 0 Å². The molecule has 0 bridgehead atoms. The molecule has 0 spiro atoms. The van der Waals surface area contributed by atoms with Crippen LogP contribution in [-0.4, -0.2) is 41.9 Å². The Balaban J connectivity index is 1.54. The van der Waals surface area contributed by atoms with E-state index in [0.717, 1.165) is 49.0 Å². The predicted octanol–water partition coefficient (Wildman–Crippen LogP) is 1.84. The molecular weight excluding hydrogens is 420 g/mol. The van der Waals surface area contributed by atoms with Gasteiger partial charge in [0.15, 0.2) is 5.03 Å². The molecule has 0 aliphatic heterocycles. The van der Waals surface area contributed by atoms with Crippen LogP contribution < -0.4 is 21.3 Å². The first kappa shape index (κ1) is 21.5. The average Bonchev–Trinajstić information content (AvgIpc) is 3.62. The lowest BCUT2D eigenvalue weighted by Crippen LogP contribution is -2.46. The number of fused-ring (bicyclic) bond motifs is 1. The SMILES string of the molecule is CCNC(=N[N+](=O)[O-])NC1CCc2sc(NC(=O)C3CC3)c(C(=O)NCC3CC3)c2C1. The van der Waals surface area contributed by atoms with Crippen LogP contribution in [0.15, 0.2) is 5.10 Å². The van der Waals surface area contributed by atoms with Gasteiger partial charge in [-0.1, -0.05) is 0 Å². The molecule has 4 rings (SSSR count). The quantitative estimate of drug-likeness (QED) is 0.207. The van der Waals surface area contributed by atoms with Crippen molar-refractivity contribution >= 4 is 34.1 Å². The van der Waals surface area contributed by atoms with Gasteiger partial charge in [-0.3, -0.25) is 9.59 Å². The van der Waals surface area contributed by atoms with Crippen molar-refractivity contribution in [2.75, 3.05) is 18.4 Å². The number of rotatable bonds is 8. The Hall–Kier alpha value is -2.69. The Kier molecular flexibility index (Phi) is 6.40. The zero-order valence-electron chi connectivity index (χ0n) is 17.5. The van der Waals surface area contributed by atoms with Crippen molar-refractivity contribution in [1.82, 2.24) is 16.0 Å². The first-order valence-electron chi connectivity index (χ1n) is 10.9. The fourth-order valence-electron chi connectivity index (χ4n) is 3.80. The minimum absolute atomic E-state index is 0.0166. The third kappa shape index (κ3) is 5.52. The summed E-state index contributed by atoms with van der Waals surface area (Å²) < 4.78 is 0. The van der Waals surface area contributed by atoms with Crippen molar-refractivity contribution in [3.8, 4) is 0 Å². The number of hydrogen-bond acceptors (Lipinski definition) is 5. The summed E-state index contributed by atoms with van der Waals surface area (Å²) >= 11 is 1.48. The van der Waals surface area contributed by atoms with E-state index >= 15 is 0 Å². The maximum atomic E-state index is 13.1. The lowest BCUT2D eigenvalue weighted by atomic mass is 9.91. The fraction of sp³-hybridized carbons (Fsp3) is 0.650. The zero-order chi connectivity index (χ0) is 22.0. The first-order valence-corrected chi connectivity index (χ1v) is 11.7. The van der Waals surface area contributed by atoms with E-state index in [-0.39, 0.29) is 29.7 Å². The van der Waals surface area contributed by atoms with Gasteiger partial charge in [0.05, 0.1) is 5.56 Å². The molecule has 0 saturated heterocycles. The van der Waals surface area contributed by atoms with Crippen LogP contribution in [0, 0.1) is 22.0 Å². The second kappa shape index (κ2) is 9.21. The van der Waals surface area contributed by atoms with Crippen molar-refractivity contribution in [2.45, 2.75) is 57.9 Å². The van der Waals surface area contributed by atoms with Gasteiger partial charge in [0, 0.05) is 29.9 Å². The molecule has 3 aliphatic carbocycles. The first-order chi connectivity index (χ1) is 14.9. The molecule has 1 heterocycles. The number of nitrogens with zero attached hydrogens (tertiary/aromatic N) is 2. The van der Waals surface area contributed by atoms with Crippen LogP contribution in [0.25, 0.3) is 0 Å². The Morgan fingerprint density at radius 3 is 2.61 bits per heavy atom. The number of nitro groups is 1. The van der Waals surface area contributed by atoms with E-state index < -0.39 is 5.03 Å². The topological polar surface area (TPSA) is 138 Å². The van der Waals surface area contributed by atoms with Gasteiger partial charge >= 0.3 is 0 Å². The highest BCUT2D eigenvalue weighted by molar-refractivity contribution is 7.17. The lowest BCUT2D eigenvalue weighted by Gasteiger charge is -2.25. The molecule has 0 radical (unpaired) electrons. The number of anilines is 1. The van der Waals surface area contributed by atoms with E-state index in [2.05, 4.69) is 26.4 Å². The van der Waals surface area contributed by atoms with Gasteiger partial charge in [0.1, 0.15) is 10.1 Å². The third-order valence-corrected chi connectivity index (χ3v) is 7.00. The molecule has 4 N–H and O–H groups in total. The molecule has 11 heteroatoms. The van der Waals surface area contributed by atoms with Gasteiger partial charge in [0.25, 0.3) is 11.9 Å². The summed E-state index contributed by atoms with van der Waals surface area (Å²) in [7, 11) is 0. The molecule has 1 aromatic rings. The van der Waals surface area contributed by atoms with Gasteiger partial charge in [-0.15, -0.1) is 11.3 Å². The summed E-state index contributed by atoms with van der Waals surface area (Å²) in [5.74, 6) is 0.563. The Morgan fingerprint density at radius 1 is 1.19 bits per heavy atom. The molecule has 1 unspecified atom stereocenters. The van der Waals surface area contributed by atoms with E-state index in [1.54, 1.807) is 0 Å². The molecule has 3 aliphatic rings. The molecular formula is C20H28N6O4S. The van der Waals surface area contributed by atoms with Gasteiger partial charge in [0.2, 0.25) is 5.91 Å². The molecule has 1 aromatic heterocycles. The van der Waals surface area contributed by atoms with Crippen molar-refractivity contribution in [3.63, 3.8) is 0 Å². The molecule has 2 saturated carbocycles. The number of carbonyl (C=O) groups is 2. The fourth-order valence-corrected chi connectivity index (χ4v) is 5.04. The van der Waals surface area contributed by atoms with E-state index in [1.165, 1.54) is 11.3 Å². The highest BCUT2D eigenvalue weighted by Crippen LogP contribution is 2.40. The van der Waals surface area contributed by atoms with Crippen LogP contribution in [0.1, 0.15) is 59.8 Å². The van der Waals surface area contributed by atoms with Crippen LogP contribution in [-0.2, 0) is 17.6 Å². The van der Waals surface area contributed by atoms with Gasteiger partial charge in [-0.05, 0) is 63.4 Å². The van der Waals surface area contributed by atoms with E-state index in [9.17, 15) is 19.7 Å². The van der Waals surface area contributed by atoms with Crippen molar-refractivity contribution in [1.29, 1.82) is 0 Å². The number of thiophene rings is 1. The number of amides is 2. The minimum Gasteiger partial charge on any atom is -0.352 e. The Labute approximate surface area is 184 Å². The van der Waals surface area contributed by atoms with Gasteiger partial charge in [-0.2, -0.15) is 0 Å². The second-order valence-corrected chi connectivity index (χ2v) is 9.53. The normalized spacial score (nSPS) is 20.5. The summed E-state index contributed by atoms with van der Waals surface area (Å²) in [6, 6.07) is -0.0955. The number of nitrogens with one attached hydrogen (secondary N) is 4. The maximum Gasteiger partial charge on any atom is 0.268 e. The van der Waals surface area contributed by atoms with E-state index in [1.807, 2.05) is 6.92 Å².